The van der Waals surface area contributed by atoms with E-state index in [1.165, 1.54) is 25.0 Å². The van der Waals surface area contributed by atoms with Gasteiger partial charge in [-0.25, -0.2) is 0 Å². The summed E-state index contributed by atoms with van der Waals surface area (Å²) in [5, 5.41) is 0. The van der Waals surface area contributed by atoms with Crippen LogP contribution >= 0.6 is 24.4 Å². The average molecular weight is 206 g/mol. The average Bonchev–Trinajstić information content (AvgIpc) is 2.02. The van der Waals surface area contributed by atoms with E-state index < -0.39 is 0 Å². The number of thioether (sulfide) groups is 1. The van der Waals surface area contributed by atoms with Crippen molar-refractivity contribution in [1.82, 2.24) is 0 Å². The molecule has 1 saturated carbocycles. The lowest BCUT2D eigenvalue weighted by Crippen LogP contribution is -2.34. The third-order valence-electron chi connectivity index (χ3n) is 2.59. The van der Waals surface area contributed by atoms with E-state index in [4.69, 9.17) is 4.74 Å². The van der Waals surface area contributed by atoms with Gasteiger partial charge in [-0.15, -0.1) is 0 Å². The number of thiol groups is 1. The highest BCUT2D eigenvalue weighted by Crippen LogP contribution is 2.44. The van der Waals surface area contributed by atoms with Gasteiger partial charge in [-0.05, 0) is 29.8 Å². The molecule has 1 aliphatic carbocycles. The summed E-state index contributed by atoms with van der Waals surface area (Å²) in [5.74, 6) is 3.47. The quantitative estimate of drug-likeness (QED) is 0.528. The van der Waals surface area contributed by atoms with Crippen molar-refractivity contribution in [2.45, 2.75) is 19.3 Å². The van der Waals surface area contributed by atoms with Crippen LogP contribution in [0.5, 0.6) is 0 Å². The van der Waals surface area contributed by atoms with Gasteiger partial charge in [-0.1, -0.05) is 6.42 Å². The van der Waals surface area contributed by atoms with Crippen LogP contribution in [0.25, 0.3) is 0 Å². The fraction of sp³-hybridized carbons (Fsp3) is 1.00. The molecule has 0 amide bonds. The van der Waals surface area contributed by atoms with Crippen LogP contribution in [-0.4, -0.2) is 31.0 Å². The van der Waals surface area contributed by atoms with E-state index in [0.717, 1.165) is 18.1 Å². The fourth-order valence-corrected chi connectivity index (χ4v) is 3.29. The standard InChI is InChI=1S/C9H18OS2/c1-10-5-6-12-8-9(7-11)3-2-4-9/h11H,2-8H2,1H3. The first-order valence-corrected chi connectivity index (χ1v) is 6.29. The van der Waals surface area contributed by atoms with Crippen LogP contribution in [0.2, 0.25) is 0 Å². The van der Waals surface area contributed by atoms with Gasteiger partial charge in [0.05, 0.1) is 6.61 Å². The summed E-state index contributed by atoms with van der Waals surface area (Å²) in [7, 11) is 1.76. The lowest BCUT2D eigenvalue weighted by Gasteiger charge is -2.40. The number of methoxy groups -OCH3 is 1. The second-order valence-electron chi connectivity index (χ2n) is 3.56. The first-order valence-electron chi connectivity index (χ1n) is 4.50. The number of rotatable bonds is 6. The number of hydrogen-bond acceptors (Lipinski definition) is 3. The third-order valence-corrected chi connectivity index (χ3v) is 4.53. The zero-order valence-corrected chi connectivity index (χ0v) is 9.42. The third kappa shape index (κ3) is 2.86. The summed E-state index contributed by atoms with van der Waals surface area (Å²) in [6.07, 6.45) is 4.18. The Morgan fingerprint density at radius 3 is 2.67 bits per heavy atom. The van der Waals surface area contributed by atoms with Gasteiger partial charge in [-0.2, -0.15) is 24.4 Å². The van der Waals surface area contributed by atoms with Gasteiger partial charge in [0, 0.05) is 12.9 Å². The largest absolute Gasteiger partial charge is 0.384 e. The molecule has 0 aromatic rings. The van der Waals surface area contributed by atoms with E-state index in [1.54, 1.807) is 7.11 Å². The lowest BCUT2D eigenvalue weighted by molar-refractivity contribution is 0.203. The maximum atomic E-state index is 5.00. The van der Waals surface area contributed by atoms with Gasteiger partial charge >= 0.3 is 0 Å². The van der Waals surface area contributed by atoms with E-state index >= 15 is 0 Å². The molecule has 0 unspecified atom stereocenters. The summed E-state index contributed by atoms with van der Waals surface area (Å²) in [5.41, 5.74) is 0.585. The molecule has 0 aliphatic heterocycles. The van der Waals surface area contributed by atoms with Gasteiger partial charge in [0.2, 0.25) is 0 Å². The topological polar surface area (TPSA) is 9.23 Å². The number of hydrogen-bond donors (Lipinski definition) is 1. The van der Waals surface area contributed by atoms with E-state index in [-0.39, 0.29) is 0 Å². The van der Waals surface area contributed by atoms with Gasteiger partial charge in [-0.3, -0.25) is 0 Å². The Kier molecular flexibility index (Phi) is 4.84. The van der Waals surface area contributed by atoms with E-state index in [0.29, 0.717) is 5.41 Å². The van der Waals surface area contributed by atoms with E-state index in [1.807, 2.05) is 11.8 Å². The van der Waals surface area contributed by atoms with Crippen molar-refractivity contribution in [3.63, 3.8) is 0 Å². The predicted molar refractivity (Wildman–Crippen MR) is 59.3 cm³/mol. The Morgan fingerprint density at radius 2 is 2.25 bits per heavy atom. The first-order chi connectivity index (χ1) is 5.83. The molecule has 3 heteroatoms. The smallest absolute Gasteiger partial charge is 0.0552 e. The Hall–Kier alpha value is 0.660. The summed E-state index contributed by atoms with van der Waals surface area (Å²) < 4.78 is 5.00. The Balaban J connectivity index is 2.04. The molecule has 12 heavy (non-hydrogen) atoms. The van der Waals surface area contributed by atoms with Gasteiger partial charge < -0.3 is 4.74 Å². The van der Waals surface area contributed by atoms with Crippen LogP contribution in [0, 0.1) is 5.41 Å². The van der Waals surface area contributed by atoms with E-state index in [2.05, 4.69) is 12.6 Å². The molecule has 0 aromatic carbocycles. The first kappa shape index (κ1) is 10.7. The van der Waals surface area contributed by atoms with Crippen LogP contribution in [0.1, 0.15) is 19.3 Å². The van der Waals surface area contributed by atoms with Crippen LogP contribution < -0.4 is 0 Å². The Labute approximate surface area is 85.0 Å². The summed E-state index contributed by atoms with van der Waals surface area (Å²) in [6.45, 7) is 0.882. The summed E-state index contributed by atoms with van der Waals surface area (Å²) >= 11 is 6.42. The van der Waals surface area contributed by atoms with Crippen LogP contribution in [-0.2, 0) is 4.74 Å². The molecular weight excluding hydrogens is 188 g/mol. The van der Waals surface area contributed by atoms with Crippen molar-refractivity contribution < 1.29 is 4.74 Å². The molecule has 0 radical (unpaired) electrons. The van der Waals surface area contributed by atoms with Crippen LogP contribution in [0.15, 0.2) is 0 Å². The molecule has 0 N–H and O–H groups in total. The minimum atomic E-state index is 0.585. The van der Waals surface area contributed by atoms with Crippen molar-refractivity contribution >= 4 is 24.4 Å². The molecular formula is C9H18OS2. The minimum absolute atomic E-state index is 0.585. The second-order valence-corrected chi connectivity index (χ2v) is 4.98. The Bertz CT molecular complexity index is 118. The van der Waals surface area contributed by atoms with Crippen LogP contribution in [0.3, 0.4) is 0 Å². The molecule has 0 atom stereocenters. The molecule has 1 aliphatic rings. The zero-order valence-electron chi connectivity index (χ0n) is 7.71. The summed E-state index contributed by atoms with van der Waals surface area (Å²) in [6, 6.07) is 0. The lowest BCUT2D eigenvalue weighted by atomic mass is 9.72. The number of ether oxygens (including phenoxy) is 1. The highest BCUT2D eigenvalue weighted by atomic mass is 32.2. The molecule has 0 bridgehead atoms. The fourth-order valence-electron chi connectivity index (χ4n) is 1.46. The second kappa shape index (κ2) is 5.40. The van der Waals surface area contributed by atoms with Crippen LogP contribution in [0.4, 0.5) is 0 Å². The van der Waals surface area contributed by atoms with Crippen molar-refractivity contribution in [3.05, 3.63) is 0 Å². The zero-order chi connectivity index (χ0) is 8.86. The van der Waals surface area contributed by atoms with Gasteiger partial charge in [0.25, 0.3) is 0 Å². The molecule has 72 valence electrons. The normalized spacial score (nSPS) is 20.5. The van der Waals surface area contributed by atoms with Crippen molar-refractivity contribution in [2.24, 2.45) is 5.41 Å². The SMILES string of the molecule is COCCSCC1(CS)CCC1. The van der Waals surface area contributed by atoms with Gasteiger partial charge in [0.15, 0.2) is 0 Å². The highest BCUT2D eigenvalue weighted by Gasteiger charge is 2.34. The van der Waals surface area contributed by atoms with Crippen molar-refractivity contribution in [1.29, 1.82) is 0 Å². The Morgan fingerprint density at radius 1 is 1.50 bits per heavy atom. The maximum absolute atomic E-state index is 5.00. The molecule has 1 rings (SSSR count). The van der Waals surface area contributed by atoms with Gasteiger partial charge in [0.1, 0.15) is 0 Å². The molecule has 0 heterocycles. The monoisotopic (exact) mass is 206 g/mol. The molecule has 1 nitrogen and oxygen atoms in total. The molecule has 0 saturated heterocycles. The minimum Gasteiger partial charge on any atom is -0.384 e. The highest BCUT2D eigenvalue weighted by molar-refractivity contribution is 7.99. The maximum Gasteiger partial charge on any atom is 0.0552 e. The molecule has 0 spiro atoms. The van der Waals surface area contributed by atoms with Crippen molar-refractivity contribution in [3.8, 4) is 0 Å². The van der Waals surface area contributed by atoms with E-state index in [9.17, 15) is 0 Å². The molecule has 1 fully saturated rings. The molecule has 0 aromatic heterocycles. The predicted octanol–water partition coefficient (Wildman–Crippen LogP) is 2.47. The van der Waals surface area contributed by atoms with Crippen molar-refractivity contribution in [2.75, 3.05) is 31.0 Å². The summed E-state index contributed by atoms with van der Waals surface area (Å²) in [4.78, 5) is 0.